The number of piperidine rings is 1. The predicted octanol–water partition coefficient (Wildman–Crippen LogP) is 3.10. The van der Waals surface area contributed by atoms with Crippen LogP contribution in [0.2, 0.25) is 10.2 Å². The molecule has 1 fully saturated rings. The van der Waals surface area contributed by atoms with Crippen LogP contribution in [0.15, 0.2) is 12.3 Å². The minimum atomic E-state index is -1.01. The van der Waals surface area contributed by atoms with Crippen LogP contribution in [-0.2, 0) is 4.79 Å². The van der Waals surface area contributed by atoms with Gasteiger partial charge in [-0.3, -0.25) is 4.79 Å². The van der Waals surface area contributed by atoms with E-state index in [9.17, 15) is 14.7 Å². The molecule has 0 bridgehead atoms. The van der Waals surface area contributed by atoms with Gasteiger partial charge in [0, 0.05) is 12.7 Å². The van der Waals surface area contributed by atoms with Crippen molar-refractivity contribution in [3.63, 3.8) is 0 Å². The van der Waals surface area contributed by atoms with Crippen LogP contribution >= 0.6 is 23.2 Å². The molecule has 0 spiro atoms. The van der Waals surface area contributed by atoms with Gasteiger partial charge in [0.1, 0.15) is 11.2 Å². The molecule has 1 atom stereocenters. The van der Waals surface area contributed by atoms with E-state index in [0.717, 1.165) is 12.8 Å². The minimum Gasteiger partial charge on any atom is -0.480 e. The van der Waals surface area contributed by atoms with Crippen molar-refractivity contribution in [3.05, 3.63) is 28.0 Å². The molecule has 0 aliphatic carbocycles. The summed E-state index contributed by atoms with van der Waals surface area (Å²) in [6, 6.07) is 0.481. The van der Waals surface area contributed by atoms with Gasteiger partial charge < -0.3 is 10.0 Å². The van der Waals surface area contributed by atoms with E-state index < -0.39 is 23.3 Å². The van der Waals surface area contributed by atoms with Gasteiger partial charge in [-0.05, 0) is 24.3 Å². The minimum absolute atomic E-state index is 0.144. The molecule has 1 aliphatic heterocycles. The number of carbonyl (C=O) groups excluding carboxylic acids is 1. The number of rotatable bonds is 2. The summed E-state index contributed by atoms with van der Waals surface area (Å²) in [5, 5.41) is 9.81. The first-order chi connectivity index (χ1) is 9.74. The molecule has 1 saturated heterocycles. The number of carboxylic acid groups (broad SMARTS) is 1. The van der Waals surface area contributed by atoms with Crippen molar-refractivity contribution in [2.45, 2.75) is 32.7 Å². The highest BCUT2D eigenvalue weighted by Crippen LogP contribution is 2.36. The molecule has 2 rings (SSSR count). The van der Waals surface area contributed by atoms with Crippen molar-refractivity contribution in [3.8, 4) is 0 Å². The van der Waals surface area contributed by atoms with Crippen molar-refractivity contribution in [2.75, 3.05) is 6.54 Å². The summed E-state index contributed by atoms with van der Waals surface area (Å²) >= 11 is 11.8. The second-order valence-electron chi connectivity index (χ2n) is 5.82. The quantitative estimate of drug-likeness (QED) is 0.846. The predicted molar refractivity (Wildman–Crippen MR) is 79.7 cm³/mol. The Morgan fingerprint density at radius 2 is 2.10 bits per heavy atom. The van der Waals surface area contributed by atoms with E-state index in [1.54, 1.807) is 0 Å². The number of hydrogen-bond donors (Lipinski definition) is 1. The second kappa shape index (κ2) is 5.81. The number of likely N-dealkylation sites (tertiary alicyclic amines) is 1. The maximum Gasteiger partial charge on any atom is 0.326 e. The number of nitrogens with zero attached hydrogens (tertiary/aromatic N) is 2. The third kappa shape index (κ3) is 3.14. The third-order valence-corrected chi connectivity index (χ3v) is 4.33. The summed E-state index contributed by atoms with van der Waals surface area (Å²) in [4.78, 5) is 29.4. The summed E-state index contributed by atoms with van der Waals surface area (Å²) < 4.78 is 0. The number of aliphatic carboxylic acids is 1. The lowest BCUT2D eigenvalue weighted by atomic mass is 9.76. The van der Waals surface area contributed by atoms with Gasteiger partial charge in [-0.25, -0.2) is 9.78 Å². The number of halogens is 2. The average Bonchev–Trinajstić information content (AvgIpc) is 2.38. The van der Waals surface area contributed by atoms with Crippen molar-refractivity contribution < 1.29 is 14.7 Å². The Labute approximate surface area is 132 Å². The maximum absolute atomic E-state index is 12.7. The molecule has 114 valence electrons. The summed E-state index contributed by atoms with van der Waals surface area (Å²) in [7, 11) is 0. The molecule has 0 aromatic carbocycles. The Balaban J connectivity index is 2.41. The fraction of sp³-hybridized carbons (Fsp3) is 0.500. The molecule has 1 unspecified atom stereocenters. The van der Waals surface area contributed by atoms with Crippen LogP contribution in [0.25, 0.3) is 0 Å². The van der Waals surface area contributed by atoms with Crippen molar-refractivity contribution >= 4 is 35.1 Å². The highest BCUT2D eigenvalue weighted by Gasteiger charge is 2.44. The lowest BCUT2D eigenvalue weighted by Crippen LogP contribution is -2.56. The summed E-state index contributed by atoms with van der Waals surface area (Å²) in [5.74, 6) is -1.44. The number of hydrogen-bond acceptors (Lipinski definition) is 3. The van der Waals surface area contributed by atoms with E-state index in [2.05, 4.69) is 4.98 Å². The lowest BCUT2D eigenvalue weighted by Gasteiger charge is -2.44. The molecule has 1 aromatic rings. The van der Waals surface area contributed by atoms with Crippen molar-refractivity contribution in [1.29, 1.82) is 0 Å². The number of carboxylic acids is 1. The van der Waals surface area contributed by atoms with Gasteiger partial charge in [0.15, 0.2) is 0 Å². The standard InChI is InChI=1S/C14H16Cl2N2O3/c1-14(2)4-3-5-18(11(14)13(20)21)12(19)8-6-10(16)17-7-9(8)15/h6-7,11H,3-5H2,1-2H3,(H,20,21). The van der Waals surface area contributed by atoms with Crippen LogP contribution in [0, 0.1) is 5.41 Å². The fourth-order valence-corrected chi connectivity index (χ4v) is 3.15. The zero-order chi connectivity index (χ0) is 15.8. The highest BCUT2D eigenvalue weighted by atomic mass is 35.5. The number of pyridine rings is 1. The lowest BCUT2D eigenvalue weighted by molar-refractivity contribution is -0.148. The summed E-state index contributed by atoms with van der Waals surface area (Å²) in [6.45, 7) is 4.09. The number of carbonyl (C=O) groups is 2. The van der Waals surface area contributed by atoms with E-state index >= 15 is 0 Å². The van der Waals surface area contributed by atoms with E-state index in [4.69, 9.17) is 23.2 Å². The van der Waals surface area contributed by atoms with Gasteiger partial charge in [0.05, 0.1) is 10.6 Å². The molecular weight excluding hydrogens is 315 g/mol. The average molecular weight is 331 g/mol. The van der Waals surface area contributed by atoms with Crippen LogP contribution in [0.1, 0.15) is 37.0 Å². The molecule has 1 aromatic heterocycles. The van der Waals surface area contributed by atoms with Crippen molar-refractivity contribution in [2.24, 2.45) is 5.41 Å². The summed E-state index contributed by atoms with van der Waals surface area (Å²) in [6.07, 6.45) is 2.79. The van der Waals surface area contributed by atoms with Gasteiger partial charge >= 0.3 is 5.97 Å². The smallest absolute Gasteiger partial charge is 0.326 e. The third-order valence-electron chi connectivity index (χ3n) is 3.82. The molecule has 5 nitrogen and oxygen atoms in total. The normalized spacial score (nSPS) is 21.1. The Bertz CT molecular complexity index is 590. The molecule has 0 saturated carbocycles. The van der Waals surface area contributed by atoms with Crippen LogP contribution in [0.3, 0.4) is 0 Å². The van der Waals surface area contributed by atoms with Crippen LogP contribution in [0.5, 0.6) is 0 Å². The largest absolute Gasteiger partial charge is 0.480 e. The highest BCUT2D eigenvalue weighted by molar-refractivity contribution is 6.35. The first-order valence-electron chi connectivity index (χ1n) is 6.59. The molecule has 1 amide bonds. The fourth-order valence-electron chi connectivity index (χ4n) is 2.81. The van der Waals surface area contributed by atoms with Crippen LogP contribution in [0.4, 0.5) is 0 Å². The number of amides is 1. The van der Waals surface area contributed by atoms with E-state index in [1.807, 2.05) is 13.8 Å². The SMILES string of the molecule is CC1(C)CCCN(C(=O)c2cc(Cl)ncc2Cl)C1C(=O)O. The number of aromatic nitrogens is 1. The first kappa shape index (κ1) is 16.0. The van der Waals surface area contributed by atoms with Crippen LogP contribution in [-0.4, -0.2) is 39.5 Å². The van der Waals surface area contributed by atoms with Gasteiger partial charge in [0.2, 0.25) is 0 Å². The van der Waals surface area contributed by atoms with Gasteiger partial charge in [-0.15, -0.1) is 0 Å². The molecular formula is C14H16Cl2N2O3. The second-order valence-corrected chi connectivity index (χ2v) is 6.61. The Morgan fingerprint density at radius 3 is 2.71 bits per heavy atom. The first-order valence-corrected chi connectivity index (χ1v) is 7.34. The zero-order valence-corrected chi connectivity index (χ0v) is 13.3. The van der Waals surface area contributed by atoms with Gasteiger partial charge in [-0.2, -0.15) is 0 Å². The maximum atomic E-state index is 12.7. The topological polar surface area (TPSA) is 70.5 Å². The summed E-state index contributed by atoms with van der Waals surface area (Å²) in [5.41, 5.74) is -0.316. The monoisotopic (exact) mass is 330 g/mol. The van der Waals surface area contributed by atoms with Crippen LogP contribution < -0.4 is 0 Å². The van der Waals surface area contributed by atoms with E-state index in [1.165, 1.54) is 17.2 Å². The molecule has 21 heavy (non-hydrogen) atoms. The molecule has 1 N–H and O–H groups in total. The Hall–Kier alpha value is -1.33. The van der Waals surface area contributed by atoms with E-state index in [0.29, 0.717) is 6.54 Å². The van der Waals surface area contributed by atoms with Gasteiger partial charge in [0.25, 0.3) is 5.91 Å². The van der Waals surface area contributed by atoms with Crippen molar-refractivity contribution in [1.82, 2.24) is 9.88 Å². The Kier molecular flexibility index (Phi) is 4.44. The molecule has 2 heterocycles. The Morgan fingerprint density at radius 1 is 1.43 bits per heavy atom. The van der Waals surface area contributed by atoms with Gasteiger partial charge in [-0.1, -0.05) is 37.0 Å². The zero-order valence-electron chi connectivity index (χ0n) is 11.8. The molecule has 1 aliphatic rings. The molecule has 0 radical (unpaired) electrons. The molecule has 7 heteroatoms. The van der Waals surface area contributed by atoms with E-state index in [-0.39, 0.29) is 15.7 Å².